The minimum Gasteiger partial charge on any atom is -0.506 e. The molecule has 1 saturated heterocycles. The summed E-state index contributed by atoms with van der Waals surface area (Å²) in [5.74, 6) is -5.20. The Morgan fingerprint density at radius 1 is 1.29 bits per heavy atom. The minimum atomic E-state index is -3.17. The molecule has 0 aromatic carbocycles. The Kier molecular flexibility index (Phi) is 3.94. The van der Waals surface area contributed by atoms with Crippen LogP contribution in [0.15, 0.2) is 11.5 Å². The Hall–Kier alpha value is -0.940. The lowest BCUT2D eigenvalue weighted by molar-refractivity contribution is -0.343. The van der Waals surface area contributed by atoms with Gasteiger partial charge < -0.3 is 45.6 Å². The highest BCUT2D eigenvalue weighted by atomic mass is 16.7. The summed E-state index contributed by atoms with van der Waals surface area (Å²) < 4.78 is 4.43. The van der Waals surface area contributed by atoms with E-state index in [0.717, 1.165) is 0 Å². The SMILES string of the molecule is OCC(O)/C(O)=C1/OC(O)C(O)C(O)(O)C1O. The Bertz CT molecular complexity index is 312. The molecule has 8 N–H and O–H groups in total. The second kappa shape index (κ2) is 4.74. The third kappa shape index (κ3) is 2.35. The lowest BCUT2D eigenvalue weighted by atomic mass is 9.97. The Balaban J connectivity index is 3.11. The largest absolute Gasteiger partial charge is 0.506 e. The van der Waals surface area contributed by atoms with Crippen molar-refractivity contribution in [2.45, 2.75) is 30.4 Å². The number of aliphatic hydroxyl groups excluding tert-OH is 6. The Morgan fingerprint density at radius 3 is 2.29 bits per heavy atom. The van der Waals surface area contributed by atoms with Gasteiger partial charge in [-0.15, -0.1) is 0 Å². The summed E-state index contributed by atoms with van der Waals surface area (Å²) in [5, 5.41) is 73.1. The van der Waals surface area contributed by atoms with Crippen LogP contribution in [0, 0.1) is 0 Å². The monoisotopic (exact) mass is 254 g/mol. The fourth-order valence-electron chi connectivity index (χ4n) is 1.27. The maximum absolute atomic E-state index is 9.39. The first kappa shape index (κ1) is 14.1. The van der Waals surface area contributed by atoms with E-state index >= 15 is 0 Å². The highest BCUT2D eigenvalue weighted by molar-refractivity contribution is 5.16. The second-order valence-electron chi connectivity index (χ2n) is 3.59. The van der Waals surface area contributed by atoms with Crippen LogP contribution in [0.4, 0.5) is 0 Å². The topological polar surface area (TPSA) is 171 Å². The van der Waals surface area contributed by atoms with Crippen LogP contribution in [0.2, 0.25) is 0 Å². The van der Waals surface area contributed by atoms with E-state index in [1.807, 2.05) is 0 Å². The quantitative estimate of drug-likeness (QED) is 0.180. The summed E-state index contributed by atoms with van der Waals surface area (Å²) in [4.78, 5) is 0. The number of hydrogen-bond donors (Lipinski definition) is 8. The van der Waals surface area contributed by atoms with E-state index in [0.29, 0.717) is 0 Å². The van der Waals surface area contributed by atoms with Gasteiger partial charge in [0.25, 0.3) is 0 Å². The number of ether oxygens (including phenoxy) is 1. The van der Waals surface area contributed by atoms with Crippen LogP contribution in [0.3, 0.4) is 0 Å². The van der Waals surface area contributed by atoms with Crippen molar-refractivity contribution >= 4 is 0 Å². The van der Waals surface area contributed by atoms with Gasteiger partial charge in [0, 0.05) is 0 Å². The fraction of sp³-hybridized carbons (Fsp3) is 0.750. The third-order valence-corrected chi connectivity index (χ3v) is 2.34. The molecule has 1 fully saturated rings. The molecular formula is C8H14O9. The van der Waals surface area contributed by atoms with Crippen LogP contribution in [-0.4, -0.2) is 77.8 Å². The molecule has 0 aromatic heterocycles. The summed E-state index contributed by atoms with van der Waals surface area (Å²) in [7, 11) is 0. The summed E-state index contributed by atoms with van der Waals surface area (Å²) in [6.45, 7) is -0.923. The normalized spacial score (nSPS) is 37.2. The molecule has 0 saturated carbocycles. The van der Waals surface area contributed by atoms with E-state index in [9.17, 15) is 20.4 Å². The van der Waals surface area contributed by atoms with Crippen molar-refractivity contribution < 1.29 is 45.6 Å². The Morgan fingerprint density at radius 2 is 1.82 bits per heavy atom. The van der Waals surface area contributed by atoms with Gasteiger partial charge in [-0.25, -0.2) is 0 Å². The molecule has 4 unspecified atom stereocenters. The zero-order valence-corrected chi connectivity index (χ0v) is 8.50. The molecule has 1 aliphatic rings. The molecule has 4 atom stereocenters. The summed E-state index contributed by atoms with van der Waals surface area (Å²) in [6.07, 6.45) is -8.50. The highest BCUT2D eigenvalue weighted by Gasteiger charge is 2.54. The predicted octanol–water partition coefficient (Wildman–Crippen LogP) is -4.14. The first-order valence-electron chi connectivity index (χ1n) is 4.61. The Labute approximate surface area is 95.1 Å². The van der Waals surface area contributed by atoms with Gasteiger partial charge in [0.15, 0.2) is 23.7 Å². The van der Waals surface area contributed by atoms with Crippen LogP contribution in [0.5, 0.6) is 0 Å². The van der Waals surface area contributed by atoms with Gasteiger partial charge in [-0.05, 0) is 0 Å². The van der Waals surface area contributed by atoms with Crippen molar-refractivity contribution in [1.82, 2.24) is 0 Å². The molecule has 0 amide bonds. The first-order valence-corrected chi connectivity index (χ1v) is 4.61. The number of aliphatic hydroxyl groups is 8. The van der Waals surface area contributed by atoms with E-state index in [-0.39, 0.29) is 0 Å². The maximum Gasteiger partial charge on any atom is 0.230 e. The average molecular weight is 254 g/mol. The molecule has 9 nitrogen and oxygen atoms in total. The molecule has 0 radical (unpaired) electrons. The van der Waals surface area contributed by atoms with Gasteiger partial charge in [-0.3, -0.25) is 0 Å². The molecule has 100 valence electrons. The third-order valence-electron chi connectivity index (χ3n) is 2.34. The smallest absolute Gasteiger partial charge is 0.230 e. The van der Waals surface area contributed by atoms with Crippen LogP contribution >= 0.6 is 0 Å². The van der Waals surface area contributed by atoms with Crippen LogP contribution in [-0.2, 0) is 4.74 Å². The molecule has 1 heterocycles. The molecule has 1 rings (SSSR count). The van der Waals surface area contributed by atoms with Crippen LogP contribution < -0.4 is 0 Å². The minimum absolute atomic E-state index is 0.923. The van der Waals surface area contributed by atoms with Crippen molar-refractivity contribution in [2.24, 2.45) is 0 Å². The molecule has 1 aliphatic heterocycles. The summed E-state index contributed by atoms with van der Waals surface area (Å²) >= 11 is 0. The van der Waals surface area contributed by atoms with Gasteiger partial charge in [0.1, 0.15) is 6.10 Å². The molecule has 0 bridgehead atoms. The van der Waals surface area contributed by atoms with Gasteiger partial charge in [-0.1, -0.05) is 0 Å². The summed E-state index contributed by atoms with van der Waals surface area (Å²) in [5.41, 5.74) is 0. The molecule has 0 aromatic rings. The van der Waals surface area contributed by atoms with E-state index in [1.54, 1.807) is 0 Å². The van der Waals surface area contributed by atoms with Gasteiger partial charge in [-0.2, -0.15) is 0 Å². The van der Waals surface area contributed by atoms with Gasteiger partial charge in [0.05, 0.1) is 6.61 Å². The first-order chi connectivity index (χ1) is 7.73. The molecule has 17 heavy (non-hydrogen) atoms. The second-order valence-corrected chi connectivity index (χ2v) is 3.59. The van der Waals surface area contributed by atoms with Crippen molar-refractivity contribution in [1.29, 1.82) is 0 Å². The van der Waals surface area contributed by atoms with E-state index in [1.165, 1.54) is 0 Å². The predicted molar refractivity (Wildman–Crippen MR) is 49.0 cm³/mol. The van der Waals surface area contributed by atoms with E-state index < -0.39 is 48.5 Å². The van der Waals surface area contributed by atoms with Crippen molar-refractivity contribution in [3.63, 3.8) is 0 Å². The van der Waals surface area contributed by atoms with Crippen molar-refractivity contribution in [2.75, 3.05) is 6.61 Å². The zero-order chi connectivity index (χ0) is 13.4. The average Bonchev–Trinajstić information content (AvgIpc) is 2.30. The van der Waals surface area contributed by atoms with Crippen molar-refractivity contribution in [3.8, 4) is 0 Å². The summed E-state index contributed by atoms with van der Waals surface area (Å²) in [6, 6.07) is 0. The molecule has 0 spiro atoms. The fourth-order valence-corrected chi connectivity index (χ4v) is 1.27. The standard InChI is InChI=1S/C8H14O9/c9-1-2(10)3(11)4-5(12)8(15,16)6(13)7(14)17-4/h2,5-7,9-16H,1H2/b4-3-. The lowest BCUT2D eigenvalue weighted by Gasteiger charge is -2.40. The lowest BCUT2D eigenvalue weighted by Crippen LogP contribution is -2.62. The molecular weight excluding hydrogens is 240 g/mol. The van der Waals surface area contributed by atoms with E-state index in [2.05, 4.69) is 4.74 Å². The van der Waals surface area contributed by atoms with Crippen LogP contribution in [0.1, 0.15) is 0 Å². The highest BCUT2D eigenvalue weighted by Crippen LogP contribution is 2.31. The molecule has 0 aliphatic carbocycles. The van der Waals surface area contributed by atoms with Crippen LogP contribution in [0.25, 0.3) is 0 Å². The van der Waals surface area contributed by atoms with Crippen molar-refractivity contribution in [3.05, 3.63) is 11.5 Å². The van der Waals surface area contributed by atoms with E-state index in [4.69, 9.17) is 20.4 Å². The molecule has 9 heteroatoms. The number of hydrogen-bond acceptors (Lipinski definition) is 9. The van der Waals surface area contributed by atoms with Gasteiger partial charge >= 0.3 is 0 Å². The zero-order valence-electron chi connectivity index (χ0n) is 8.50. The van der Waals surface area contributed by atoms with Gasteiger partial charge in [0.2, 0.25) is 12.1 Å². The number of rotatable bonds is 2. The maximum atomic E-state index is 9.39.